The Kier molecular flexibility index (Phi) is 2.74. The van der Waals surface area contributed by atoms with Crippen LogP contribution in [0.3, 0.4) is 0 Å². The normalized spacial score (nSPS) is 12.7. The third kappa shape index (κ3) is 1.96. The van der Waals surface area contributed by atoms with E-state index in [4.69, 9.17) is 0 Å². The summed E-state index contributed by atoms with van der Waals surface area (Å²) in [5, 5.41) is 18.2. The molecule has 0 radical (unpaired) electrons. The van der Waals surface area contributed by atoms with Gasteiger partial charge < -0.3 is 5.11 Å². The minimum absolute atomic E-state index is 0.379. The van der Waals surface area contributed by atoms with E-state index in [9.17, 15) is 5.11 Å². The molecular formula is C13H12N4O. The number of benzene rings is 1. The molecule has 0 spiro atoms. The highest BCUT2D eigenvalue weighted by Gasteiger charge is 2.11. The van der Waals surface area contributed by atoms with Gasteiger partial charge in [0, 0.05) is 12.4 Å². The summed E-state index contributed by atoms with van der Waals surface area (Å²) in [6, 6.07) is 11.3. The van der Waals surface area contributed by atoms with Crippen LogP contribution >= 0.6 is 0 Å². The molecule has 1 aromatic carbocycles. The second kappa shape index (κ2) is 4.54. The first-order valence-corrected chi connectivity index (χ1v) is 5.71. The van der Waals surface area contributed by atoms with Gasteiger partial charge in [-0.05, 0) is 29.8 Å². The van der Waals surface area contributed by atoms with Crippen LogP contribution in [0.5, 0.6) is 0 Å². The second-order valence-electron chi connectivity index (χ2n) is 4.06. The van der Waals surface area contributed by atoms with Crippen molar-refractivity contribution >= 4 is 11.0 Å². The van der Waals surface area contributed by atoms with E-state index in [0.717, 1.165) is 16.6 Å². The highest BCUT2D eigenvalue weighted by molar-refractivity contribution is 5.73. The molecule has 1 N–H and O–H groups in total. The Morgan fingerprint density at radius 2 is 1.89 bits per heavy atom. The van der Waals surface area contributed by atoms with Crippen LogP contribution in [-0.2, 0) is 6.54 Å². The van der Waals surface area contributed by atoms with Crippen LogP contribution < -0.4 is 0 Å². The largest absolute Gasteiger partial charge is 0.386 e. The van der Waals surface area contributed by atoms with Crippen LogP contribution in [0.1, 0.15) is 11.7 Å². The maximum Gasteiger partial charge on any atom is 0.113 e. The van der Waals surface area contributed by atoms with E-state index in [1.54, 1.807) is 29.2 Å². The topological polar surface area (TPSA) is 63.8 Å². The van der Waals surface area contributed by atoms with Crippen LogP contribution in [-0.4, -0.2) is 25.1 Å². The van der Waals surface area contributed by atoms with Gasteiger partial charge in [-0.2, -0.15) is 0 Å². The highest BCUT2D eigenvalue weighted by atomic mass is 16.3. The zero-order chi connectivity index (χ0) is 12.4. The van der Waals surface area contributed by atoms with E-state index in [-0.39, 0.29) is 0 Å². The summed E-state index contributed by atoms with van der Waals surface area (Å²) in [5.41, 5.74) is 2.58. The van der Waals surface area contributed by atoms with Crippen molar-refractivity contribution in [1.29, 1.82) is 0 Å². The molecule has 0 aliphatic rings. The molecule has 2 heterocycles. The molecule has 1 unspecified atom stereocenters. The Balaban J connectivity index is 1.89. The van der Waals surface area contributed by atoms with Crippen LogP contribution in [0, 0.1) is 0 Å². The SMILES string of the molecule is OC(Cn1nnc2ccccc21)c1ccncc1. The van der Waals surface area contributed by atoms with E-state index < -0.39 is 6.10 Å². The van der Waals surface area contributed by atoms with Crippen molar-refractivity contribution in [1.82, 2.24) is 20.0 Å². The number of nitrogens with zero attached hydrogens (tertiary/aromatic N) is 4. The summed E-state index contributed by atoms with van der Waals surface area (Å²) in [4.78, 5) is 3.93. The maximum atomic E-state index is 10.1. The highest BCUT2D eigenvalue weighted by Crippen LogP contribution is 2.16. The molecule has 5 nitrogen and oxygen atoms in total. The standard InChI is InChI=1S/C13H12N4O/c18-13(10-5-7-14-8-6-10)9-17-12-4-2-1-3-11(12)15-16-17/h1-8,13,18H,9H2. The zero-order valence-corrected chi connectivity index (χ0v) is 9.64. The van der Waals surface area contributed by atoms with Crippen LogP contribution in [0.25, 0.3) is 11.0 Å². The number of para-hydroxylation sites is 1. The second-order valence-corrected chi connectivity index (χ2v) is 4.06. The summed E-state index contributed by atoms with van der Waals surface area (Å²) in [6.45, 7) is 0.379. The predicted molar refractivity (Wildman–Crippen MR) is 66.7 cm³/mol. The van der Waals surface area contributed by atoms with Gasteiger partial charge >= 0.3 is 0 Å². The minimum Gasteiger partial charge on any atom is -0.386 e. The van der Waals surface area contributed by atoms with Crippen molar-refractivity contribution in [3.8, 4) is 0 Å². The van der Waals surface area contributed by atoms with Crippen LogP contribution in [0.4, 0.5) is 0 Å². The Hall–Kier alpha value is -2.27. The molecule has 0 bridgehead atoms. The summed E-state index contributed by atoms with van der Waals surface area (Å²) in [7, 11) is 0. The number of rotatable bonds is 3. The lowest BCUT2D eigenvalue weighted by molar-refractivity contribution is 0.152. The monoisotopic (exact) mass is 240 g/mol. The van der Waals surface area contributed by atoms with Gasteiger partial charge in [0.1, 0.15) is 5.52 Å². The van der Waals surface area contributed by atoms with Crippen LogP contribution in [0.2, 0.25) is 0 Å². The molecule has 5 heteroatoms. The molecule has 0 fully saturated rings. The Morgan fingerprint density at radius 1 is 1.11 bits per heavy atom. The van der Waals surface area contributed by atoms with Gasteiger partial charge in [-0.1, -0.05) is 17.3 Å². The Labute approximate surface area is 104 Å². The molecule has 1 atom stereocenters. The lowest BCUT2D eigenvalue weighted by Gasteiger charge is -2.10. The third-order valence-corrected chi connectivity index (χ3v) is 2.86. The van der Waals surface area contributed by atoms with E-state index >= 15 is 0 Å². The van der Waals surface area contributed by atoms with Crippen molar-refractivity contribution in [2.45, 2.75) is 12.6 Å². The van der Waals surface area contributed by atoms with Gasteiger partial charge in [-0.15, -0.1) is 5.10 Å². The van der Waals surface area contributed by atoms with E-state index in [1.807, 2.05) is 24.3 Å². The van der Waals surface area contributed by atoms with Crippen molar-refractivity contribution in [3.63, 3.8) is 0 Å². The van der Waals surface area contributed by atoms with Crippen molar-refractivity contribution in [3.05, 3.63) is 54.4 Å². The van der Waals surface area contributed by atoms with Crippen molar-refractivity contribution < 1.29 is 5.11 Å². The third-order valence-electron chi connectivity index (χ3n) is 2.86. The number of hydrogen-bond acceptors (Lipinski definition) is 4. The van der Waals surface area contributed by atoms with Crippen molar-refractivity contribution in [2.24, 2.45) is 0 Å². The first-order chi connectivity index (χ1) is 8.84. The molecule has 0 saturated carbocycles. The minimum atomic E-state index is -0.613. The average molecular weight is 240 g/mol. The summed E-state index contributed by atoms with van der Waals surface area (Å²) < 4.78 is 1.71. The van der Waals surface area contributed by atoms with Gasteiger partial charge in [0.15, 0.2) is 0 Å². The van der Waals surface area contributed by atoms with Crippen LogP contribution in [0.15, 0.2) is 48.8 Å². The molecule has 3 aromatic rings. The first-order valence-electron chi connectivity index (χ1n) is 5.71. The van der Waals surface area contributed by atoms with Gasteiger partial charge in [0.2, 0.25) is 0 Å². The summed E-state index contributed by atoms with van der Waals surface area (Å²) >= 11 is 0. The number of hydrogen-bond donors (Lipinski definition) is 1. The molecule has 0 saturated heterocycles. The van der Waals surface area contributed by atoms with Gasteiger partial charge in [0.05, 0.1) is 18.2 Å². The number of aliphatic hydroxyl groups excluding tert-OH is 1. The van der Waals surface area contributed by atoms with Gasteiger partial charge in [-0.25, -0.2) is 4.68 Å². The predicted octanol–water partition coefficient (Wildman–Crippen LogP) is 1.56. The molecule has 0 aliphatic carbocycles. The zero-order valence-electron chi connectivity index (χ0n) is 9.64. The quantitative estimate of drug-likeness (QED) is 0.754. The lowest BCUT2D eigenvalue weighted by atomic mass is 10.1. The van der Waals surface area contributed by atoms with E-state index in [1.165, 1.54) is 0 Å². The number of fused-ring (bicyclic) bond motifs is 1. The summed E-state index contributed by atoms with van der Waals surface area (Å²) in [6.07, 6.45) is 2.72. The average Bonchev–Trinajstić information content (AvgIpc) is 2.83. The smallest absolute Gasteiger partial charge is 0.113 e. The number of aliphatic hydroxyl groups is 1. The maximum absolute atomic E-state index is 10.1. The van der Waals surface area contributed by atoms with Gasteiger partial charge in [0.25, 0.3) is 0 Å². The molecule has 2 aromatic heterocycles. The molecular weight excluding hydrogens is 228 g/mol. The molecule has 90 valence electrons. The fraction of sp³-hybridized carbons (Fsp3) is 0.154. The molecule has 0 amide bonds. The van der Waals surface area contributed by atoms with Crippen molar-refractivity contribution in [2.75, 3.05) is 0 Å². The fourth-order valence-corrected chi connectivity index (χ4v) is 1.91. The first kappa shape index (κ1) is 10.9. The molecule has 3 rings (SSSR count). The summed E-state index contributed by atoms with van der Waals surface area (Å²) in [5.74, 6) is 0. The number of pyridine rings is 1. The van der Waals surface area contributed by atoms with Gasteiger partial charge in [-0.3, -0.25) is 4.98 Å². The molecule has 18 heavy (non-hydrogen) atoms. The van der Waals surface area contributed by atoms with E-state index in [2.05, 4.69) is 15.3 Å². The Morgan fingerprint density at radius 3 is 2.72 bits per heavy atom. The lowest BCUT2D eigenvalue weighted by Crippen LogP contribution is -2.10. The molecule has 0 aliphatic heterocycles. The Bertz CT molecular complexity index is 650. The fourth-order valence-electron chi connectivity index (χ4n) is 1.91. The number of aromatic nitrogens is 4. The van der Waals surface area contributed by atoms with E-state index in [0.29, 0.717) is 6.54 Å².